The van der Waals surface area contributed by atoms with Gasteiger partial charge in [0.1, 0.15) is 6.10 Å². The number of rotatable bonds is 1. The Labute approximate surface area is 72.8 Å². The molecule has 0 aliphatic carbocycles. The van der Waals surface area contributed by atoms with E-state index in [4.69, 9.17) is 25.5 Å². The summed E-state index contributed by atoms with van der Waals surface area (Å²) in [4.78, 5) is 10.4. The number of hydrogen-bond acceptors (Lipinski definition) is 6. The Morgan fingerprint density at radius 1 is 1.38 bits per heavy atom. The molecule has 1 heterocycles. The number of carboxylic acids is 1. The van der Waals surface area contributed by atoms with Gasteiger partial charge in [-0.05, 0) is 0 Å². The second-order valence-corrected chi connectivity index (χ2v) is 2.86. The highest BCUT2D eigenvalue weighted by molar-refractivity contribution is 5.75. The molecule has 4 unspecified atom stereocenters. The van der Waals surface area contributed by atoms with Crippen molar-refractivity contribution in [1.29, 1.82) is 0 Å². The van der Waals surface area contributed by atoms with Crippen molar-refractivity contribution in [2.24, 2.45) is 0 Å². The minimum absolute atomic E-state index is 0.694. The van der Waals surface area contributed by atoms with Crippen LogP contribution in [0.5, 0.6) is 0 Å². The summed E-state index contributed by atoms with van der Waals surface area (Å²) in [6, 6.07) is 0. The third kappa shape index (κ3) is 1.79. The zero-order valence-electron chi connectivity index (χ0n) is 6.49. The second kappa shape index (κ2) is 3.20. The van der Waals surface area contributed by atoms with E-state index in [0.29, 0.717) is 0 Å². The highest BCUT2D eigenvalue weighted by Crippen LogP contribution is 2.26. The van der Waals surface area contributed by atoms with Crippen molar-refractivity contribution in [2.75, 3.05) is 0 Å². The molecule has 0 aromatic rings. The maximum absolute atomic E-state index is 10.4. The highest BCUT2D eigenvalue weighted by Gasteiger charge is 2.49. The molecule has 0 saturated carbocycles. The fourth-order valence-electron chi connectivity index (χ4n) is 1.05. The number of aliphatic carboxylic acids is 1. The van der Waals surface area contributed by atoms with Gasteiger partial charge in [-0.2, -0.15) is 0 Å². The number of ether oxygens (including phenoxy) is 1. The van der Waals surface area contributed by atoms with Crippen LogP contribution in [0.3, 0.4) is 0 Å². The Balaban J connectivity index is 2.79. The summed E-state index contributed by atoms with van der Waals surface area (Å²) in [5, 5.41) is 44.4. The molecule has 0 radical (unpaired) electrons. The summed E-state index contributed by atoms with van der Waals surface area (Å²) < 4.78 is 4.22. The van der Waals surface area contributed by atoms with Crippen molar-refractivity contribution in [3.63, 3.8) is 0 Å². The SMILES string of the molecule is O=C(O)C1(O)CC(O)C(O)C(O)O1. The largest absolute Gasteiger partial charge is 0.477 e. The second-order valence-electron chi connectivity index (χ2n) is 2.86. The molecule has 0 bridgehead atoms. The van der Waals surface area contributed by atoms with E-state index in [9.17, 15) is 4.79 Å². The predicted molar refractivity (Wildman–Crippen MR) is 36.3 cm³/mol. The van der Waals surface area contributed by atoms with Crippen LogP contribution in [0.1, 0.15) is 6.42 Å². The van der Waals surface area contributed by atoms with Crippen molar-refractivity contribution in [3.8, 4) is 0 Å². The van der Waals surface area contributed by atoms with Crippen molar-refractivity contribution in [2.45, 2.75) is 30.7 Å². The summed E-state index contributed by atoms with van der Waals surface area (Å²) in [6.45, 7) is 0. The molecule has 76 valence electrons. The van der Waals surface area contributed by atoms with Crippen molar-refractivity contribution >= 4 is 5.97 Å². The van der Waals surface area contributed by atoms with E-state index in [-0.39, 0.29) is 0 Å². The van der Waals surface area contributed by atoms with Gasteiger partial charge in [0.15, 0.2) is 6.29 Å². The molecule has 1 aliphatic rings. The van der Waals surface area contributed by atoms with Gasteiger partial charge in [-0.3, -0.25) is 0 Å². The molecule has 1 aliphatic heterocycles. The molecule has 13 heavy (non-hydrogen) atoms. The summed E-state index contributed by atoms with van der Waals surface area (Å²) in [5.41, 5.74) is 0. The zero-order chi connectivity index (χ0) is 10.2. The van der Waals surface area contributed by atoms with Gasteiger partial charge in [-0.25, -0.2) is 4.79 Å². The van der Waals surface area contributed by atoms with Gasteiger partial charge < -0.3 is 30.3 Å². The average molecular weight is 194 g/mol. The number of carboxylic acid groups (broad SMARTS) is 1. The van der Waals surface area contributed by atoms with E-state index in [1.807, 2.05) is 0 Å². The van der Waals surface area contributed by atoms with Crippen molar-refractivity contribution in [1.82, 2.24) is 0 Å². The summed E-state index contributed by atoms with van der Waals surface area (Å²) in [6.07, 6.45) is -5.75. The lowest BCUT2D eigenvalue weighted by Crippen LogP contribution is -2.58. The molecule has 0 aromatic heterocycles. The van der Waals surface area contributed by atoms with E-state index in [1.54, 1.807) is 0 Å². The topological polar surface area (TPSA) is 127 Å². The van der Waals surface area contributed by atoms with Crippen LogP contribution in [0.15, 0.2) is 0 Å². The van der Waals surface area contributed by atoms with Crippen molar-refractivity contribution in [3.05, 3.63) is 0 Å². The normalized spacial score (nSPS) is 46.0. The molecule has 4 atom stereocenters. The molecule has 1 saturated heterocycles. The molecule has 0 aromatic carbocycles. The third-order valence-corrected chi connectivity index (χ3v) is 1.82. The van der Waals surface area contributed by atoms with Crippen molar-refractivity contribution < 1.29 is 35.1 Å². The van der Waals surface area contributed by atoms with Crippen LogP contribution >= 0.6 is 0 Å². The minimum Gasteiger partial charge on any atom is -0.477 e. The van der Waals surface area contributed by atoms with Crippen LogP contribution < -0.4 is 0 Å². The van der Waals surface area contributed by atoms with Crippen LogP contribution in [0.4, 0.5) is 0 Å². The molecular weight excluding hydrogens is 184 g/mol. The number of carbonyl (C=O) groups is 1. The predicted octanol–water partition coefficient (Wildman–Crippen LogP) is -2.78. The van der Waals surface area contributed by atoms with Crippen LogP contribution in [0.25, 0.3) is 0 Å². The van der Waals surface area contributed by atoms with Crippen LogP contribution in [0.2, 0.25) is 0 Å². The van der Waals surface area contributed by atoms with Crippen LogP contribution in [-0.4, -0.2) is 55.8 Å². The highest BCUT2D eigenvalue weighted by atomic mass is 16.7. The first-order valence-corrected chi connectivity index (χ1v) is 3.54. The van der Waals surface area contributed by atoms with E-state index in [2.05, 4.69) is 4.74 Å². The molecular formula is C6H10O7. The van der Waals surface area contributed by atoms with Gasteiger partial charge in [-0.15, -0.1) is 0 Å². The van der Waals surface area contributed by atoms with E-state index in [1.165, 1.54) is 0 Å². The lowest BCUT2D eigenvalue weighted by atomic mass is 10.00. The fourth-order valence-corrected chi connectivity index (χ4v) is 1.05. The quantitative estimate of drug-likeness (QED) is 0.305. The summed E-state index contributed by atoms with van der Waals surface area (Å²) >= 11 is 0. The molecule has 0 amide bonds. The number of hydrogen-bond donors (Lipinski definition) is 5. The van der Waals surface area contributed by atoms with Gasteiger partial charge in [0, 0.05) is 6.42 Å². The van der Waals surface area contributed by atoms with Gasteiger partial charge in [-0.1, -0.05) is 0 Å². The Bertz CT molecular complexity index is 203. The van der Waals surface area contributed by atoms with Gasteiger partial charge in [0.25, 0.3) is 5.79 Å². The molecule has 7 heteroatoms. The first kappa shape index (κ1) is 10.4. The lowest BCUT2D eigenvalue weighted by Gasteiger charge is -2.37. The molecule has 7 nitrogen and oxygen atoms in total. The van der Waals surface area contributed by atoms with E-state index in [0.717, 1.165) is 0 Å². The Kier molecular flexibility index (Phi) is 2.55. The number of aliphatic hydroxyl groups excluding tert-OH is 3. The van der Waals surface area contributed by atoms with Gasteiger partial charge in [0.05, 0.1) is 6.10 Å². The summed E-state index contributed by atoms with van der Waals surface area (Å²) in [5.74, 6) is -4.37. The number of aliphatic hydroxyl groups is 4. The Morgan fingerprint density at radius 2 is 1.92 bits per heavy atom. The Morgan fingerprint density at radius 3 is 2.31 bits per heavy atom. The van der Waals surface area contributed by atoms with Crippen LogP contribution in [-0.2, 0) is 9.53 Å². The van der Waals surface area contributed by atoms with Gasteiger partial charge >= 0.3 is 5.97 Å². The average Bonchev–Trinajstić information content (AvgIpc) is 2.00. The molecule has 0 spiro atoms. The van der Waals surface area contributed by atoms with E-state index >= 15 is 0 Å². The smallest absolute Gasteiger partial charge is 0.364 e. The Hall–Kier alpha value is -0.730. The lowest BCUT2D eigenvalue weighted by molar-refractivity contribution is -0.337. The van der Waals surface area contributed by atoms with E-state index < -0.39 is 36.7 Å². The molecule has 5 N–H and O–H groups in total. The van der Waals surface area contributed by atoms with Gasteiger partial charge in [0.2, 0.25) is 0 Å². The maximum Gasteiger partial charge on any atom is 0.364 e. The zero-order valence-corrected chi connectivity index (χ0v) is 6.49. The molecule has 1 fully saturated rings. The van der Waals surface area contributed by atoms with Crippen LogP contribution in [0, 0.1) is 0 Å². The monoisotopic (exact) mass is 194 g/mol. The third-order valence-electron chi connectivity index (χ3n) is 1.82. The fraction of sp³-hybridized carbons (Fsp3) is 0.833. The standard InChI is InChI=1S/C6H10O7/c7-2-1-6(12,5(10)11)13-4(9)3(2)8/h2-4,7-9,12H,1H2,(H,10,11). The summed E-state index contributed by atoms with van der Waals surface area (Å²) in [7, 11) is 0. The minimum atomic E-state index is -2.64. The molecule has 1 rings (SSSR count). The first-order valence-electron chi connectivity index (χ1n) is 3.54. The maximum atomic E-state index is 10.4. The first-order chi connectivity index (χ1) is 5.87.